The molecule has 2 heterocycles. The third-order valence-corrected chi connectivity index (χ3v) is 2.13. The van der Waals surface area contributed by atoms with Gasteiger partial charge in [0.25, 0.3) is 0 Å². The van der Waals surface area contributed by atoms with Crippen molar-refractivity contribution in [1.82, 2.24) is 0 Å². The Bertz CT molecular complexity index is 124. The first-order valence-electron chi connectivity index (χ1n) is 3.69. The van der Waals surface area contributed by atoms with Gasteiger partial charge >= 0.3 is 0 Å². The third-order valence-electron chi connectivity index (χ3n) is 2.13. The molecule has 0 aliphatic carbocycles. The van der Waals surface area contributed by atoms with Gasteiger partial charge in [-0.2, -0.15) is 0 Å². The Morgan fingerprint density at radius 3 is 2.90 bits per heavy atom. The van der Waals surface area contributed by atoms with Crippen molar-refractivity contribution in [2.45, 2.75) is 19.1 Å². The molecule has 0 N–H and O–H groups in total. The molecule has 58 valence electrons. The first kappa shape index (κ1) is 6.58. The van der Waals surface area contributed by atoms with Crippen LogP contribution >= 0.6 is 0 Å². The van der Waals surface area contributed by atoms with Gasteiger partial charge in [-0.25, -0.2) is 0 Å². The van der Waals surface area contributed by atoms with Crippen molar-refractivity contribution in [3.63, 3.8) is 0 Å². The van der Waals surface area contributed by atoms with Gasteiger partial charge in [0.15, 0.2) is 0 Å². The Kier molecular flexibility index (Phi) is 1.64. The van der Waals surface area contributed by atoms with E-state index in [0.29, 0.717) is 19.3 Å². The van der Waals surface area contributed by atoms with Crippen LogP contribution in [0.15, 0.2) is 0 Å². The Morgan fingerprint density at radius 1 is 1.20 bits per heavy atom. The van der Waals surface area contributed by atoms with Gasteiger partial charge in [0.2, 0.25) is 0 Å². The van der Waals surface area contributed by atoms with Crippen LogP contribution in [0.2, 0.25) is 0 Å². The standard InChI is InChI=1S/C7H12O3/c1-5-2-9-6-3-8-4-10-7(5)6/h5-7H,2-4H2,1H3/t5-,6+,7+/m0/s1. The van der Waals surface area contributed by atoms with Crippen molar-refractivity contribution in [3.8, 4) is 0 Å². The zero-order chi connectivity index (χ0) is 6.97. The van der Waals surface area contributed by atoms with Crippen LogP contribution in [0.1, 0.15) is 6.92 Å². The quantitative estimate of drug-likeness (QED) is 0.492. The van der Waals surface area contributed by atoms with Gasteiger partial charge in [0.1, 0.15) is 12.9 Å². The molecule has 0 aromatic carbocycles. The molecular formula is C7H12O3. The van der Waals surface area contributed by atoms with Crippen LogP contribution in [0.3, 0.4) is 0 Å². The van der Waals surface area contributed by atoms with Crippen molar-refractivity contribution < 1.29 is 14.2 Å². The molecule has 0 radical (unpaired) electrons. The van der Waals surface area contributed by atoms with Gasteiger partial charge in [-0.1, -0.05) is 6.92 Å². The molecule has 3 heteroatoms. The van der Waals surface area contributed by atoms with Crippen molar-refractivity contribution in [2.24, 2.45) is 5.92 Å². The van der Waals surface area contributed by atoms with Crippen molar-refractivity contribution in [1.29, 1.82) is 0 Å². The molecule has 0 amide bonds. The van der Waals surface area contributed by atoms with E-state index < -0.39 is 0 Å². The molecule has 0 unspecified atom stereocenters. The number of fused-ring (bicyclic) bond motifs is 1. The maximum atomic E-state index is 5.42. The molecule has 2 saturated heterocycles. The molecule has 0 aromatic heterocycles. The van der Waals surface area contributed by atoms with Crippen molar-refractivity contribution >= 4 is 0 Å². The van der Waals surface area contributed by atoms with E-state index in [1.165, 1.54) is 0 Å². The van der Waals surface area contributed by atoms with Crippen LogP contribution in [-0.2, 0) is 14.2 Å². The van der Waals surface area contributed by atoms with E-state index in [0.717, 1.165) is 6.61 Å². The maximum Gasteiger partial charge on any atom is 0.147 e. The van der Waals surface area contributed by atoms with E-state index in [-0.39, 0.29) is 12.2 Å². The third kappa shape index (κ3) is 0.944. The summed E-state index contributed by atoms with van der Waals surface area (Å²) in [6, 6.07) is 0. The summed E-state index contributed by atoms with van der Waals surface area (Å²) in [6.45, 7) is 4.11. The first-order chi connectivity index (χ1) is 4.88. The Hall–Kier alpha value is -0.120. The molecule has 0 bridgehead atoms. The normalized spacial score (nSPS) is 47.1. The van der Waals surface area contributed by atoms with Gasteiger partial charge in [-0.05, 0) is 0 Å². The number of hydrogen-bond donors (Lipinski definition) is 0. The first-order valence-corrected chi connectivity index (χ1v) is 3.69. The summed E-state index contributed by atoms with van der Waals surface area (Å²) in [5.74, 6) is 0.536. The summed E-state index contributed by atoms with van der Waals surface area (Å²) >= 11 is 0. The van der Waals surface area contributed by atoms with Crippen LogP contribution in [0.25, 0.3) is 0 Å². The lowest BCUT2D eigenvalue weighted by atomic mass is 10.0. The van der Waals surface area contributed by atoms with Crippen LogP contribution in [0, 0.1) is 5.92 Å². The summed E-state index contributed by atoms with van der Waals surface area (Å²) in [4.78, 5) is 0. The molecule has 3 atom stereocenters. The zero-order valence-electron chi connectivity index (χ0n) is 6.08. The van der Waals surface area contributed by atoms with Gasteiger partial charge in [0.05, 0.1) is 19.3 Å². The summed E-state index contributed by atoms with van der Waals surface area (Å²) in [5, 5.41) is 0. The lowest BCUT2D eigenvalue weighted by Gasteiger charge is -2.26. The van der Waals surface area contributed by atoms with E-state index >= 15 is 0 Å². The Labute approximate surface area is 60.3 Å². The molecule has 3 nitrogen and oxygen atoms in total. The number of ether oxygens (including phenoxy) is 3. The summed E-state index contributed by atoms with van der Waals surface area (Å²) in [6.07, 6.45) is 0.484. The van der Waals surface area contributed by atoms with Crippen LogP contribution in [0.5, 0.6) is 0 Å². The molecule has 0 saturated carbocycles. The smallest absolute Gasteiger partial charge is 0.147 e. The topological polar surface area (TPSA) is 27.7 Å². The van der Waals surface area contributed by atoms with Crippen LogP contribution in [-0.4, -0.2) is 32.2 Å². The molecule has 0 spiro atoms. The van der Waals surface area contributed by atoms with E-state index in [1.807, 2.05) is 0 Å². The van der Waals surface area contributed by atoms with E-state index in [9.17, 15) is 0 Å². The lowest BCUT2D eigenvalue weighted by Crippen LogP contribution is -2.37. The minimum Gasteiger partial charge on any atom is -0.373 e. The highest BCUT2D eigenvalue weighted by Gasteiger charge is 2.37. The Morgan fingerprint density at radius 2 is 2.10 bits per heavy atom. The molecule has 2 aliphatic rings. The van der Waals surface area contributed by atoms with E-state index in [2.05, 4.69) is 6.92 Å². The molecule has 10 heavy (non-hydrogen) atoms. The number of rotatable bonds is 0. The average Bonchev–Trinajstić information content (AvgIpc) is 2.34. The molecule has 0 aromatic rings. The molecular weight excluding hydrogens is 132 g/mol. The van der Waals surface area contributed by atoms with Crippen molar-refractivity contribution in [3.05, 3.63) is 0 Å². The van der Waals surface area contributed by atoms with Gasteiger partial charge in [0, 0.05) is 5.92 Å². The monoisotopic (exact) mass is 144 g/mol. The zero-order valence-corrected chi connectivity index (χ0v) is 6.08. The second kappa shape index (κ2) is 2.49. The summed E-state index contributed by atoms with van der Waals surface area (Å²) in [5.41, 5.74) is 0. The fourth-order valence-corrected chi connectivity index (χ4v) is 1.54. The maximum absolute atomic E-state index is 5.42. The minimum atomic E-state index is 0.198. The highest BCUT2D eigenvalue weighted by molar-refractivity contribution is 4.83. The van der Waals surface area contributed by atoms with Crippen LogP contribution < -0.4 is 0 Å². The lowest BCUT2D eigenvalue weighted by molar-refractivity contribution is -0.181. The highest BCUT2D eigenvalue weighted by Crippen LogP contribution is 2.25. The second-order valence-electron chi connectivity index (χ2n) is 2.97. The Balaban J connectivity index is 2.01. The minimum absolute atomic E-state index is 0.198. The summed E-state index contributed by atoms with van der Waals surface area (Å²) < 4.78 is 15.9. The van der Waals surface area contributed by atoms with E-state index in [1.54, 1.807) is 0 Å². The van der Waals surface area contributed by atoms with Crippen molar-refractivity contribution in [2.75, 3.05) is 20.0 Å². The fraction of sp³-hybridized carbons (Fsp3) is 1.00. The van der Waals surface area contributed by atoms with Gasteiger partial charge < -0.3 is 14.2 Å². The average molecular weight is 144 g/mol. The highest BCUT2D eigenvalue weighted by atomic mass is 16.7. The second-order valence-corrected chi connectivity index (χ2v) is 2.97. The largest absolute Gasteiger partial charge is 0.373 e. The molecule has 2 aliphatic heterocycles. The van der Waals surface area contributed by atoms with Crippen LogP contribution in [0.4, 0.5) is 0 Å². The van der Waals surface area contributed by atoms with Gasteiger partial charge in [-0.15, -0.1) is 0 Å². The van der Waals surface area contributed by atoms with E-state index in [4.69, 9.17) is 14.2 Å². The number of hydrogen-bond acceptors (Lipinski definition) is 3. The fourth-order valence-electron chi connectivity index (χ4n) is 1.54. The SMILES string of the molecule is C[C@H]1CO[C@@H]2COCO[C@H]12. The molecule has 2 rings (SSSR count). The summed E-state index contributed by atoms with van der Waals surface area (Å²) in [7, 11) is 0. The predicted molar refractivity (Wildman–Crippen MR) is 34.6 cm³/mol. The molecule has 2 fully saturated rings. The van der Waals surface area contributed by atoms with Gasteiger partial charge in [-0.3, -0.25) is 0 Å². The predicted octanol–water partition coefficient (Wildman–Crippen LogP) is 0.394.